The number of nitrogens with zero attached hydrogens (tertiary/aromatic N) is 3. The summed E-state index contributed by atoms with van der Waals surface area (Å²) in [6.07, 6.45) is 1.28. The van der Waals surface area contributed by atoms with E-state index >= 15 is 0 Å². The lowest BCUT2D eigenvalue weighted by molar-refractivity contribution is -0.135. The molecule has 4 N–H and O–H groups in total. The third-order valence-corrected chi connectivity index (χ3v) is 9.54. The maximum absolute atomic E-state index is 13.9. The molecular weight excluding hydrogens is 638 g/mol. The normalized spacial score (nSPS) is 21.8. The number of alkyl halides is 2. The third kappa shape index (κ3) is 10.4. The van der Waals surface area contributed by atoms with Gasteiger partial charge in [0.2, 0.25) is 23.6 Å². The van der Waals surface area contributed by atoms with Gasteiger partial charge < -0.3 is 35.6 Å². The van der Waals surface area contributed by atoms with Crippen molar-refractivity contribution < 1.29 is 37.4 Å². The van der Waals surface area contributed by atoms with Crippen molar-refractivity contribution in [1.82, 2.24) is 20.4 Å². The Labute approximate surface area is 287 Å². The Morgan fingerprint density at radius 3 is 2.55 bits per heavy atom. The first-order valence-electron chi connectivity index (χ1n) is 17.0. The van der Waals surface area contributed by atoms with Crippen LogP contribution in [-0.2, 0) is 48.2 Å². The molecular formula is C35H50F2N6O6. The minimum Gasteiger partial charge on any atom is -0.375 e. The number of nitriles is 1. The average Bonchev–Trinajstić information content (AvgIpc) is 3.72. The molecule has 0 saturated carbocycles. The van der Waals surface area contributed by atoms with Crippen LogP contribution in [0.25, 0.3) is 0 Å². The number of likely N-dealkylation sites (tertiary alicyclic amines) is 1. The second-order valence-corrected chi connectivity index (χ2v) is 14.5. The predicted molar refractivity (Wildman–Crippen MR) is 176 cm³/mol. The number of nitrogens with two attached hydrogens (primary N) is 1. The summed E-state index contributed by atoms with van der Waals surface area (Å²) in [7, 11) is 0. The molecule has 3 heterocycles. The van der Waals surface area contributed by atoms with E-state index in [9.17, 15) is 33.2 Å². The van der Waals surface area contributed by atoms with Gasteiger partial charge >= 0.3 is 0 Å². The molecule has 4 rings (SSSR count). The monoisotopic (exact) mass is 688 g/mol. The van der Waals surface area contributed by atoms with Crippen molar-refractivity contribution in [3.8, 4) is 6.07 Å². The molecule has 2 saturated heterocycles. The van der Waals surface area contributed by atoms with Gasteiger partial charge in [0, 0.05) is 51.4 Å². The molecule has 0 radical (unpaired) electrons. The highest BCUT2D eigenvalue weighted by molar-refractivity contribution is 5.94. The Balaban J connectivity index is 1.21. The number of halogens is 2. The maximum Gasteiger partial charge on any atom is 0.268 e. The molecule has 2 fully saturated rings. The number of rotatable bonds is 16. The zero-order valence-corrected chi connectivity index (χ0v) is 29.0. The summed E-state index contributed by atoms with van der Waals surface area (Å²) in [5, 5.41) is 14.8. The first-order chi connectivity index (χ1) is 23.0. The number of ether oxygens (including phenoxy) is 2. The van der Waals surface area contributed by atoms with E-state index in [0.29, 0.717) is 52.2 Å². The van der Waals surface area contributed by atoms with Crippen LogP contribution in [0, 0.1) is 17.2 Å². The Hall–Kier alpha value is -3.67. The molecule has 0 aliphatic carbocycles. The zero-order valence-electron chi connectivity index (χ0n) is 29.0. The lowest BCUT2D eigenvalue weighted by Gasteiger charge is -2.29. The van der Waals surface area contributed by atoms with Gasteiger partial charge in [-0.25, -0.2) is 8.78 Å². The van der Waals surface area contributed by atoms with Crippen molar-refractivity contribution in [2.24, 2.45) is 11.7 Å². The van der Waals surface area contributed by atoms with Crippen molar-refractivity contribution in [3.05, 3.63) is 34.9 Å². The van der Waals surface area contributed by atoms with Crippen molar-refractivity contribution >= 4 is 23.6 Å². The summed E-state index contributed by atoms with van der Waals surface area (Å²) in [6.45, 7) is 9.80. The molecule has 12 nitrogen and oxygen atoms in total. The number of fused-ring (bicyclic) bond motifs is 1. The highest BCUT2D eigenvalue weighted by atomic mass is 19.3. The van der Waals surface area contributed by atoms with E-state index in [1.165, 1.54) is 0 Å². The largest absolute Gasteiger partial charge is 0.375 e. The summed E-state index contributed by atoms with van der Waals surface area (Å²) >= 11 is 0. The van der Waals surface area contributed by atoms with E-state index < -0.39 is 54.3 Å². The van der Waals surface area contributed by atoms with Crippen molar-refractivity contribution in [1.29, 1.82) is 5.26 Å². The van der Waals surface area contributed by atoms with Crippen molar-refractivity contribution in [3.63, 3.8) is 0 Å². The molecule has 3 aliphatic heterocycles. The molecule has 0 aromatic heterocycles. The van der Waals surface area contributed by atoms with Crippen LogP contribution in [0.3, 0.4) is 0 Å². The van der Waals surface area contributed by atoms with Crippen LogP contribution in [0.15, 0.2) is 18.2 Å². The van der Waals surface area contributed by atoms with Gasteiger partial charge in [-0.1, -0.05) is 18.2 Å². The van der Waals surface area contributed by atoms with Crippen LogP contribution in [0.4, 0.5) is 8.78 Å². The molecule has 3 aliphatic rings. The molecule has 270 valence electrons. The number of benzene rings is 1. The van der Waals surface area contributed by atoms with Crippen molar-refractivity contribution in [2.75, 3.05) is 32.8 Å². The van der Waals surface area contributed by atoms with Gasteiger partial charge in [-0.3, -0.25) is 19.2 Å². The summed E-state index contributed by atoms with van der Waals surface area (Å²) < 4.78 is 39.6. The molecule has 4 amide bonds. The fraction of sp³-hybridized carbons (Fsp3) is 0.686. The van der Waals surface area contributed by atoms with Gasteiger partial charge in [0.15, 0.2) is 0 Å². The molecule has 1 aromatic carbocycles. The summed E-state index contributed by atoms with van der Waals surface area (Å²) in [5.41, 5.74) is 7.72. The molecule has 3 atom stereocenters. The van der Waals surface area contributed by atoms with E-state index in [0.717, 1.165) is 28.0 Å². The number of aryl methyl sites for hydroxylation is 1. The van der Waals surface area contributed by atoms with Gasteiger partial charge in [0.25, 0.3) is 5.92 Å². The number of hydrogen-bond acceptors (Lipinski definition) is 8. The quantitative estimate of drug-likeness (QED) is 0.238. The average molecular weight is 689 g/mol. The lowest BCUT2D eigenvalue weighted by Crippen LogP contribution is -2.46. The van der Waals surface area contributed by atoms with E-state index in [-0.39, 0.29) is 36.7 Å². The van der Waals surface area contributed by atoms with Gasteiger partial charge in [-0.05, 0) is 70.1 Å². The molecule has 0 unspecified atom stereocenters. The Kier molecular flexibility index (Phi) is 12.4. The summed E-state index contributed by atoms with van der Waals surface area (Å²) in [5.74, 6) is -5.49. The highest BCUT2D eigenvalue weighted by Gasteiger charge is 2.50. The molecule has 14 heteroatoms. The Morgan fingerprint density at radius 1 is 1.12 bits per heavy atom. The zero-order chi connectivity index (χ0) is 36.0. The number of carbonyl (C=O) groups excluding carboxylic acids is 4. The van der Waals surface area contributed by atoms with Crippen LogP contribution >= 0.6 is 0 Å². The number of carbonyl (C=O) groups is 4. The summed E-state index contributed by atoms with van der Waals surface area (Å²) in [4.78, 5) is 54.1. The van der Waals surface area contributed by atoms with Gasteiger partial charge in [0.05, 0.1) is 37.0 Å². The fourth-order valence-corrected chi connectivity index (χ4v) is 6.58. The number of hydrogen-bond donors (Lipinski definition) is 3. The van der Waals surface area contributed by atoms with Crippen molar-refractivity contribution in [2.45, 2.75) is 115 Å². The van der Waals surface area contributed by atoms with E-state index in [4.69, 9.17) is 15.2 Å². The van der Waals surface area contributed by atoms with E-state index in [1.807, 2.05) is 45.9 Å². The van der Waals surface area contributed by atoms with Gasteiger partial charge in [-0.2, -0.15) is 5.26 Å². The second kappa shape index (κ2) is 15.9. The number of nitrogens with one attached hydrogen (secondary N) is 2. The smallest absolute Gasteiger partial charge is 0.268 e. The van der Waals surface area contributed by atoms with Crippen LogP contribution in [0.1, 0.15) is 82.9 Å². The predicted octanol–water partition coefficient (Wildman–Crippen LogP) is 2.56. The third-order valence-electron chi connectivity index (χ3n) is 9.54. The van der Waals surface area contributed by atoms with Gasteiger partial charge in [0.1, 0.15) is 12.1 Å². The first kappa shape index (κ1) is 38.1. The molecule has 1 aromatic rings. The molecule has 0 spiro atoms. The number of amides is 4. The minimum atomic E-state index is -3.16. The van der Waals surface area contributed by atoms with E-state index in [1.54, 1.807) is 11.0 Å². The van der Waals surface area contributed by atoms with E-state index in [2.05, 4.69) is 10.6 Å². The minimum absolute atomic E-state index is 0.00351. The van der Waals surface area contributed by atoms with Crippen LogP contribution in [-0.4, -0.2) is 95.5 Å². The fourth-order valence-electron chi connectivity index (χ4n) is 6.58. The van der Waals surface area contributed by atoms with Crippen LogP contribution in [0.5, 0.6) is 0 Å². The molecule has 49 heavy (non-hydrogen) atoms. The standard InChI is InChI=1S/C35H50F2N6O6/c1-33(2,48-14-11-34(3,4)49-15-12-38)10-13-40-29(44)9-8-23-6-5-7-24-20-42(21-27(23)24)30(45)17-25-16-28(41-31(25)46)32(47)43-22-35(36,37)18-26(43)19-39/h5-7,25-26,28H,8-18,20-22,38H2,1-4H3,(H,40,44)(H,41,46)/t25-,26-,28-/m0/s1. The molecule has 0 bridgehead atoms. The lowest BCUT2D eigenvalue weighted by atomic mass is 9.99. The van der Waals surface area contributed by atoms with Gasteiger partial charge in [-0.15, -0.1) is 0 Å². The Bertz CT molecular complexity index is 1430. The van der Waals surface area contributed by atoms with Crippen LogP contribution < -0.4 is 16.4 Å². The Morgan fingerprint density at radius 2 is 1.84 bits per heavy atom. The summed E-state index contributed by atoms with van der Waals surface area (Å²) in [6, 6.07) is 5.22. The topological polar surface area (TPSA) is 167 Å². The highest BCUT2D eigenvalue weighted by Crippen LogP contribution is 2.34. The SMILES string of the molecule is CC(C)(CCNC(=O)CCc1cccc2c1CN(C(=O)C[C@@H]1C[C@@H](C(=O)N3CC(F)(F)C[C@H]3C#N)NC1=O)C2)OCCC(C)(C)OCCN. The maximum atomic E-state index is 13.9. The van der Waals surface area contributed by atoms with Crippen LogP contribution in [0.2, 0.25) is 0 Å². The first-order valence-corrected chi connectivity index (χ1v) is 17.0. The second-order valence-electron chi connectivity index (χ2n) is 14.5.